The van der Waals surface area contributed by atoms with Crippen molar-refractivity contribution in [3.8, 4) is 17.0 Å². The Balaban J connectivity index is 1.61. The molecule has 3 aromatic rings. The van der Waals surface area contributed by atoms with Crippen LogP contribution in [-0.4, -0.2) is 26.8 Å². The maximum absolute atomic E-state index is 13.1. The van der Waals surface area contributed by atoms with Gasteiger partial charge in [-0.2, -0.15) is 9.78 Å². The molecule has 0 radical (unpaired) electrons. The highest BCUT2D eigenvalue weighted by Gasteiger charge is 2.26. The van der Waals surface area contributed by atoms with Crippen LogP contribution in [0.25, 0.3) is 11.3 Å². The van der Waals surface area contributed by atoms with Crippen LogP contribution in [0.5, 0.6) is 5.75 Å². The van der Waals surface area contributed by atoms with Crippen molar-refractivity contribution in [1.82, 2.24) is 15.1 Å². The lowest BCUT2D eigenvalue weighted by Gasteiger charge is -2.12. The first-order chi connectivity index (χ1) is 16.4. The monoisotopic (exact) mass is 460 g/mol. The number of aromatic hydroxyl groups is 1. The lowest BCUT2D eigenvalue weighted by atomic mass is 10.0. The van der Waals surface area contributed by atoms with Crippen LogP contribution in [0.2, 0.25) is 0 Å². The average Bonchev–Trinajstić information content (AvgIpc) is 3.49. The minimum atomic E-state index is -0.294. The number of hydrogen-bond acceptors (Lipinski definition) is 4. The smallest absolute Gasteiger partial charge is 0.342 e. The first-order valence-corrected chi connectivity index (χ1v) is 12.0. The molecule has 3 N–H and O–H groups in total. The van der Waals surface area contributed by atoms with E-state index in [4.69, 9.17) is 0 Å². The molecule has 0 aliphatic heterocycles. The van der Waals surface area contributed by atoms with Crippen molar-refractivity contribution in [3.05, 3.63) is 65.9 Å². The van der Waals surface area contributed by atoms with E-state index in [0.717, 1.165) is 36.9 Å². The Hall–Kier alpha value is -3.61. The average molecular weight is 461 g/mol. The summed E-state index contributed by atoms with van der Waals surface area (Å²) in [6.45, 7) is 4.38. The van der Waals surface area contributed by atoms with Crippen molar-refractivity contribution < 1.29 is 14.7 Å². The third-order valence-electron chi connectivity index (χ3n) is 6.14. The summed E-state index contributed by atoms with van der Waals surface area (Å²) in [6, 6.07) is 16.3. The molecule has 1 fully saturated rings. The van der Waals surface area contributed by atoms with Gasteiger partial charge in [0.2, 0.25) is 5.91 Å². The molecule has 1 heterocycles. The second-order valence-corrected chi connectivity index (χ2v) is 9.37. The molecular weight excluding hydrogens is 428 g/mol. The molecule has 1 aliphatic rings. The summed E-state index contributed by atoms with van der Waals surface area (Å²) in [7, 11) is 0. The fraction of sp³-hybridized carbons (Fsp3) is 0.370. The number of phenolic OH excluding ortho intramolecular Hbond substituents is 1. The van der Waals surface area contributed by atoms with Crippen molar-refractivity contribution in [3.63, 3.8) is 0 Å². The largest absolute Gasteiger partial charge is 0.507 e. The molecule has 1 aliphatic carbocycles. The van der Waals surface area contributed by atoms with E-state index in [-0.39, 0.29) is 29.5 Å². The summed E-state index contributed by atoms with van der Waals surface area (Å²) in [6.07, 6.45) is 4.68. The number of hydrogen-bond donors (Lipinski definition) is 3. The minimum Gasteiger partial charge on any atom is -0.507 e. The summed E-state index contributed by atoms with van der Waals surface area (Å²) in [5.74, 6) is 0.466. The Morgan fingerprint density at radius 2 is 1.82 bits per heavy atom. The van der Waals surface area contributed by atoms with Gasteiger partial charge in [0.25, 0.3) is 0 Å². The van der Waals surface area contributed by atoms with Crippen molar-refractivity contribution in [2.75, 3.05) is 5.32 Å². The van der Waals surface area contributed by atoms with E-state index < -0.39 is 0 Å². The molecule has 34 heavy (non-hydrogen) atoms. The second-order valence-electron chi connectivity index (χ2n) is 9.37. The Kier molecular flexibility index (Phi) is 7.30. The second kappa shape index (κ2) is 10.5. The van der Waals surface area contributed by atoms with Crippen LogP contribution in [0.1, 0.15) is 63.1 Å². The Morgan fingerprint density at radius 3 is 2.53 bits per heavy atom. The number of nitrogens with zero attached hydrogens (tertiary/aromatic N) is 2. The molecule has 0 bridgehead atoms. The molecule has 0 spiro atoms. The van der Waals surface area contributed by atoms with Gasteiger partial charge in [-0.25, -0.2) is 4.79 Å². The van der Waals surface area contributed by atoms with Crippen LogP contribution in [0.3, 0.4) is 0 Å². The zero-order valence-electron chi connectivity index (χ0n) is 19.8. The number of phenols is 1. The molecule has 0 saturated heterocycles. The highest BCUT2D eigenvalue weighted by atomic mass is 16.3. The predicted octanol–water partition coefficient (Wildman–Crippen LogP) is 5.66. The number of rotatable bonds is 7. The number of carbonyl (C=O) groups excluding carboxylic acids is 2. The normalized spacial score (nSPS) is 13.9. The predicted molar refractivity (Wildman–Crippen MR) is 133 cm³/mol. The van der Waals surface area contributed by atoms with Gasteiger partial charge in [-0.3, -0.25) is 4.79 Å². The van der Waals surface area contributed by atoms with Crippen molar-refractivity contribution in [2.45, 2.75) is 58.4 Å². The minimum absolute atomic E-state index is 0.0502. The van der Waals surface area contributed by atoms with E-state index >= 15 is 0 Å². The first kappa shape index (κ1) is 23.5. The van der Waals surface area contributed by atoms with Gasteiger partial charge in [-0.05, 0) is 48.6 Å². The number of benzene rings is 2. The molecule has 1 aromatic heterocycles. The van der Waals surface area contributed by atoms with Crippen LogP contribution in [0, 0.1) is 5.92 Å². The molecule has 0 unspecified atom stereocenters. The number of carbonyl (C=O) groups is 2. The molecule has 4 rings (SSSR count). The zero-order valence-corrected chi connectivity index (χ0v) is 19.8. The van der Waals surface area contributed by atoms with Gasteiger partial charge >= 0.3 is 6.03 Å². The van der Waals surface area contributed by atoms with Gasteiger partial charge in [0.1, 0.15) is 5.75 Å². The van der Waals surface area contributed by atoms with Crippen LogP contribution in [0.4, 0.5) is 10.5 Å². The number of amides is 2. The fourth-order valence-corrected chi connectivity index (χ4v) is 4.45. The zero-order chi connectivity index (χ0) is 24.1. The highest BCUT2D eigenvalue weighted by Crippen LogP contribution is 2.38. The standard InChI is InChI=1S/C27H32N4O3/c1-18(2)14-26(33)29-21-12-13-25(32)22(15-21)23-16-24(20-10-6-7-11-20)31(30-23)27(34)28-17-19-8-4-3-5-9-19/h3-5,8-9,12-13,15-16,18,20,32H,6-7,10-11,14,17H2,1-2H3,(H,28,34)(H,29,33). The number of aromatic nitrogens is 2. The topological polar surface area (TPSA) is 96.2 Å². The lowest BCUT2D eigenvalue weighted by molar-refractivity contribution is -0.116. The van der Waals surface area contributed by atoms with E-state index in [1.807, 2.05) is 50.2 Å². The van der Waals surface area contributed by atoms with E-state index in [1.54, 1.807) is 18.2 Å². The summed E-state index contributed by atoms with van der Waals surface area (Å²) < 4.78 is 1.44. The third-order valence-corrected chi connectivity index (χ3v) is 6.14. The molecule has 7 nitrogen and oxygen atoms in total. The summed E-state index contributed by atoms with van der Waals surface area (Å²) in [5, 5.41) is 21.0. The van der Waals surface area contributed by atoms with Crippen molar-refractivity contribution in [1.29, 1.82) is 0 Å². The fourth-order valence-electron chi connectivity index (χ4n) is 4.45. The molecule has 1 saturated carbocycles. The Bertz CT molecular complexity index is 1150. The number of nitrogens with one attached hydrogen (secondary N) is 2. The molecule has 7 heteroatoms. The van der Waals surface area contributed by atoms with E-state index in [9.17, 15) is 14.7 Å². The van der Waals surface area contributed by atoms with E-state index in [2.05, 4.69) is 15.7 Å². The first-order valence-electron chi connectivity index (χ1n) is 12.0. The quantitative estimate of drug-likeness (QED) is 0.397. The van der Waals surface area contributed by atoms with E-state index in [0.29, 0.717) is 29.9 Å². The van der Waals surface area contributed by atoms with Gasteiger partial charge in [0, 0.05) is 30.1 Å². The molecule has 2 aromatic carbocycles. The molecular formula is C27H32N4O3. The van der Waals surface area contributed by atoms with Crippen LogP contribution < -0.4 is 10.6 Å². The third kappa shape index (κ3) is 5.65. The van der Waals surface area contributed by atoms with Crippen LogP contribution in [-0.2, 0) is 11.3 Å². The van der Waals surface area contributed by atoms with Crippen molar-refractivity contribution >= 4 is 17.6 Å². The van der Waals surface area contributed by atoms with Gasteiger partial charge in [0.15, 0.2) is 0 Å². The van der Waals surface area contributed by atoms with Crippen molar-refractivity contribution in [2.24, 2.45) is 5.92 Å². The summed E-state index contributed by atoms with van der Waals surface area (Å²) in [4.78, 5) is 25.3. The maximum Gasteiger partial charge on any atom is 0.342 e. The highest BCUT2D eigenvalue weighted by molar-refractivity contribution is 5.92. The number of anilines is 1. The molecule has 178 valence electrons. The molecule has 0 atom stereocenters. The van der Waals surface area contributed by atoms with Crippen LogP contribution in [0.15, 0.2) is 54.6 Å². The van der Waals surface area contributed by atoms with Gasteiger partial charge in [-0.1, -0.05) is 57.0 Å². The van der Waals surface area contributed by atoms with E-state index in [1.165, 1.54) is 4.68 Å². The Morgan fingerprint density at radius 1 is 1.09 bits per heavy atom. The van der Waals surface area contributed by atoms with Gasteiger partial charge < -0.3 is 15.7 Å². The lowest BCUT2D eigenvalue weighted by Crippen LogP contribution is -2.30. The maximum atomic E-state index is 13.1. The Labute approximate surface area is 200 Å². The summed E-state index contributed by atoms with van der Waals surface area (Å²) >= 11 is 0. The van der Waals surface area contributed by atoms with Crippen LogP contribution >= 0.6 is 0 Å². The van der Waals surface area contributed by atoms with Gasteiger partial charge in [0.05, 0.1) is 11.4 Å². The SMILES string of the molecule is CC(C)CC(=O)Nc1ccc(O)c(-c2cc(C3CCCC3)n(C(=O)NCc3ccccc3)n2)c1. The summed E-state index contributed by atoms with van der Waals surface area (Å²) in [5.41, 5.74) is 3.44. The molecule has 2 amide bonds. The van der Waals surface area contributed by atoms with Gasteiger partial charge in [-0.15, -0.1) is 0 Å².